The van der Waals surface area contributed by atoms with Gasteiger partial charge in [-0.05, 0) is 36.8 Å². The van der Waals surface area contributed by atoms with Crippen LogP contribution in [-0.2, 0) is 16.4 Å². The maximum absolute atomic E-state index is 13.1. The average molecular weight is 415 g/mol. The predicted molar refractivity (Wildman–Crippen MR) is 119 cm³/mol. The summed E-state index contributed by atoms with van der Waals surface area (Å²) in [5.74, 6) is 0. The minimum absolute atomic E-state index is 0.301. The topological polar surface area (TPSA) is 49.4 Å². The zero-order valence-electron chi connectivity index (χ0n) is 16.1. The third-order valence-electron chi connectivity index (χ3n) is 4.72. The highest BCUT2D eigenvalue weighted by Crippen LogP contribution is 2.35. The molecule has 0 fully saturated rings. The van der Waals surface area contributed by atoms with Crippen LogP contribution in [0.15, 0.2) is 66.4 Å². The normalized spacial score (nSPS) is 15.9. The number of benzene rings is 2. The zero-order chi connectivity index (χ0) is 20.0. The first kappa shape index (κ1) is 20.6. The van der Waals surface area contributed by atoms with Crippen molar-refractivity contribution in [3.63, 3.8) is 0 Å². The first-order valence-corrected chi connectivity index (χ1v) is 11.5. The molecule has 1 aliphatic rings. The summed E-state index contributed by atoms with van der Waals surface area (Å²) < 4.78 is 27.6. The largest absolute Gasteiger partial charge is 0.381 e. The van der Waals surface area contributed by atoms with Crippen LogP contribution in [0.4, 0.5) is 0 Å². The molecule has 6 heteroatoms. The van der Waals surface area contributed by atoms with Crippen molar-refractivity contribution in [1.29, 1.82) is 0 Å². The van der Waals surface area contributed by atoms with Crippen molar-refractivity contribution < 1.29 is 8.42 Å². The number of nitrogens with zero attached hydrogens (tertiary/aromatic N) is 1. The van der Waals surface area contributed by atoms with Gasteiger partial charge in [0.05, 0.1) is 5.70 Å². The van der Waals surface area contributed by atoms with Crippen LogP contribution in [-0.4, -0.2) is 30.8 Å². The number of unbranched alkanes of at least 4 members (excludes halogenated alkanes) is 1. The maximum Gasteiger partial charge on any atom is 0.267 e. The molecular weight excluding hydrogens is 388 g/mol. The molecule has 28 heavy (non-hydrogen) atoms. The van der Waals surface area contributed by atoms with E-state index in [-0.39, 0.29) is 0 Å². The van der Waals surface area contributed by atoms with Gasteiger partial charge < -0.3 is 5.32 Å². The second-order valence-corrected chi connectivity index (χ2v) is 9.01. The highest BCUT2D eigenvalue weighted by atomic mass is 32.2. The number of aryl methyl sites for hydroxylation is 1. The van der Waals surface area contributed by atoms with Crippen molar-refractivity contribution in [3.05, 3.63) is 77.5 Å². The van der Waals surface area contributed by atoms with E-state index in [4.69, 9.17) is 12.2 Å². The molecule has 0 bridgehead atoms. The van der Waals surface area contributed by atoms with Gasteiger partial charge in [-0.25, -0.2) is 8.42 Å². The van der Waals surface area contributed by atoms with E-state index in [2.05, 4.69) is 29.6 Å². The summed E-state index contributed by atoms with van der Waals surface area (Å²) in [5.41, 5.74) is 2.56. The Morgan fingerprint density at radius 2 is 1.61 bits per heavy atom. The fourth-order valence-electron chi connectivity index (χ4n) is 3.35. The van der Waals surface area contributed by atoms with Crippen molar-refractivity contribution in [2.75, 3.05) is 13.1 Å². The molecule has 0 aromatic heterocycles. The highest BCUT2D eigenvalue weighted by Gasteiger charge is 2.41. The first-order valence-electron chi connectivity index (χ1n) is 9.70. The molecule has 0 unspecified atom stereocenters. The Bertz CT molecular complexity index is 939. The van der Waals surface area contributed by atoms with E-state index in [0.29, 0.717) is 40.7 Å². The minimum Gasteiger partial charge on any atom is -0.381 e. The van der Waals surface area contributed by atoms with Crippen LogP contribution in [0.3, 0.4) is 0 Å². The summed E-state index contributed by atoms with van der Waals surface area (Å²) in [6.45, 7) is 3.04. The van der Waals surface area contributed by atoms with Crippen molar-refractivity contribution in [2.24, 2.45) is 0 Å². The van der Waals surface area contributed by atoms with Crippen molar-refractivity contribution in [2.45, 2.75) is 32.6 Å². The lowest BCUT2D eigenvalue weighted by atomic mass is 10.1. The Kier molecular flexibility index (Phi) is 6.86. The van der Waals surface area contributed by atoms with Gasteiger partial charge >= 0.3 is 0 Å². The molecule has 0 radical (unpaired) electrons. The van der Waals surface area contributed by atoms with Crippen LogP contribution in [0.5, 0.6) is 0 Å². The molecule has 0 saturated heterocycles. The van der Waals surface area contributed by atoms with E-state index in [1.54, 1.807) is 0 Å². The second-order valence-electron chi connectivity index (χ2n) is 6.82. The summed E-state index contributed by atoms with van der Waals surface area (Å²) in [6.07, 6.45) is 3.70. The molecule has 1 aliphatic heterocycles. The average Bonchev–Trinajstić information content (AvgIpc) is 2.89. The van der Waals surface area contributed by atoms with Crippen LogP contribution in [0.1, 0.15) is 37.3 Å². The van der Waals surface area contributed by atoms with E-state index in [0.717, 1.165) is 19.3 Å². The number of thiocarbonyl (C=S) groups is 1. The van der Waals surface area contributed by atoms with Gasteiger partial charge in [0.2, 0.25) is 0 Å². The molecule has 0 aliphatic carbocycles. The SMILES string of the molecule is CCCN1C(=S)C(NCCCCc2ccccc2)=C(c2ccccc2)S1(=O)=O. The molecule has 0 spiro atoms. The summed E-state index contributed by atoms with van der Waals surface area (Å²) in [7, 11) is -3.62. The lowest BCUT2D eigenvalue weighted by Gasteiger charge is -2.17. The minimum atomic E-state index is -3.62. The molecule has 0 atom stereocenters. The maximum atomic E-state index is 13.1. The Hall–Kier alpha value is -2.18. The number of nitrogens with one attached hydrogen (secondary N) is 1. The van der Waals surface area contributed by atoms with Crippen molar-refractivity contribution in [3.8, 4) is 0 Å². The van der Waals surface area contributed by atoms with E-state index in [1.807, 2.05) is 43.3 Å². The molecule has 2 aromatic rings. The van der Waals surface area contributed by atoms with E-state index >= 15 is 0 Å². The van der Waals surface area contributed by atoms with Gasteiger partial charge in [0.25, 0.3) is 10.0 Å². The fraction of sp³-hybridized carbons (Fsp3) is 0.318. The van der Waals surface area contributed by atoms with E-state index in [1.165, 1.54) is 9.87 Å². The Morgan fingerprint density at radius 1 is 0.964 bits per heavy atom. The van der Waals surface area contributed by atoms with Crippen molar-refractivity contribution in [1.82, 2.24) is 9.62 Å². The van der Waals surface area contributed by atoms with Gasteiger partial charge in [0.15, 0.2) is 0 Å². The number of sulfonamides is 1. The van der Waals surface area contributed by atoms with E-state index < -0.39 is 10.0 Å². The molecular formula is C22H26N2O2S2. The Balaban J connectivity index is 1.74. The number of hydrogen-bond acceptors (Lipinski definition) is 4. The van der Waals surface area contributed by atoms with Gasteiger partial charge in [-0.2, -0.15) is 0 Å². The van der Waals surface area contributed by atoms with Crippen LogP contribution in [0, 0.1) is 0 Å². The van der Waals surface area contributed by atoms with E-state index in [9.17, 15) is 8.42 Å². The molecule has 1 heterocycles. The van der Waals surface area contributed by atoms with Crippen molar-refractivity contribution >= 4 is 32.1 Å². The lowest BCUT2D eigenvalue weighted by Crippen LogP contribution is -2.33. The van der Waals surface area contributed by atoms with Gasteiger partial charge in [-0.3, -0.25) is 4.31 Å². The molecule has 0 saturated carbocycles. The van der Waals surface area contributed by atoms with Crippen LogP contribution >= 0.6 is 12.2 Å². The third kappa shape index (κ3) is 4.45. The Labute approximate surface area is 173 Å². The molecule has 4 nitrogen and oxygen atoms in total. The summed E-state index contributed by atoms with van der Waals surface area (Å²) in [6, 6.07) is 19.6. The molecule has 1 N–H and O–H groups in total. The predicted octanol–water partition coefficient (Wildman–Crippen LogP) is 4.35. The quantitative estimate of drug-likeness (QED) is 0.490. The van der Waals surface area contributed by atoms with Gasteiger partial charge in [0, 0.05) is 13.1 Å². The summed E-state index contributed by atoms with van der Waals surface area (Å²) in [4.78, 5) is 0.679. The number of rotatable bonds is 9. The standard InChI is InChI=1S/C22H26N2O2S2/c1-2-17-24-22(27)20(21(28(24,25)26)19-14-7-4-8-15-19)23-16-10-9-13-18-11-5-3-6-12-18/h3-8,11-12,14-15,23H,2,9-10,13,16-17H2,1H3. The van der Waals surface area contributed by atoms with Crippen LogP contribution < -0.4 is 5.32 Å². The molecule has 3 rings (SSSR count). The number of hydrogen-bond donors (Lipinski definition) is 1. The highest BCUT2D eigenvalue weighted by molar-refractivity contribution is 8.01. The molecule has 0 amide bonds. The summed E-state index contributed by atoms with van der Waals surface area (Å²) in [5, 5.41) is 3.33. The Morgan fingerprint density at radius 3 is 2.25 bits per heavy atom. The van der Waals surface area contributed by atoms with Gasteiger partial charge in [-0.15, -0.1) is 0 Å². The smallest absolute Gasteiger partial charge is 0.267 e. The van der Waals surface area contributed by atoms with Gasteiger partial charge in [-0.1, -0.05) is 79.8 Å². The third-order valence-corrected chi connectivity index (χ3v) is 7.16. The zero-order valence-corrected chi connectivity index (χ0v) is 17.7. The fourth-order valence-corrected chi connectivity index (χ4v) is 5.78. The lowest BCUT2D eigenvalue weighted by molar-refractivity contribution is 0.536. The van der Waals surface area contributed by atoms with Crippen LogP contribution in [0.2, 0.25) is 0 Å². The van der Waals surface area contributed by atoms with Crippen LogP contribution in [0.25, 0.3) is 4.91 Å². The molecule has 2 aromatic carbocycles. The van der Waals surface area contributed by atoms with Gasteiger partial charge in [0.1, 0.15) is 9.89 Å². The second kappa shape index (κ2) is 9.34. The molecule has 148 valence electrons. The summed E-state index contributed by atoms with van der Waals surface area (Å²) >= 11 is 5.53. The monoisotopic (exact) mass is 414 g/mol. The first-order chi connectivity index (χ1) is 13.6.